The number of nitrogens with one attached hydrogen (secondary N) is 1. The number of anilines is 1. The van der Waals surface area contributed by atoms with Gasteiger partial charge >= 0.3 is 12.2 Å². The summed E-state index contributed by atoms with van der Waals surface area (Å²) in [5, 5.41) is 11.7. The lowest BCUT2D eigenvalue weighted by Crippen LogP contribution is -2.36. The van der Waals surface area contributed by atoms with Gasteiger partial charge in [-0.1, -0.05) is 19.3 Å². The molecule has 1 aromatic carbocycles. The van der Waals surface area contributed by atoms with Gasteiger partial charge in [0.1, 0.15) is 0 Å². The van der Waals surface area contributed by atoms with Crippen molar-refractivity contribution in [3.63, 3.8) is 0 Å². The summed E-state index contributed by atoms with van der Waals surface area (Å²) in [6, 6.07) is 4.51. The molecule has 0 bridgehead atoms. The van der Waals surface area contributed by atoms with Crippen molar-refractivity contribution in [2.24, 2.45) is 0 Å². The van der Waals surface area contributed by atoms with Crippen molar-refractivity contribution in [3.8, 4) is 6.07 Å². The zero-order chi connectivity index (χ0) is 16.6. The maximum Gasteiger partial charge on any atom is 0.417 e. The Morgan fingerprint density at radius 1 is 1.22 bits per heavy atom. The van der Waals surface area contributed by atoms with E-state index in [0.717, 1.165) is 44.2 Å². The lowest BCUT2D eigenvalue weighted by molar-refractivity contribution is -0.137. The van der Waals surface area contributed by atoms with Crippen molar-refractivity contribution in [2.45, 2.75) is 50.4 Å². The maximum absolute atomic E-state index is 13.1. The topological polar surface area (TPSA) is 56.1 Å². The van der Waals surface area contributed by atoms with Gasteiger partial charge in [-0.15, -0.1) is 0 Å². The number of hydrogen-bond donors (Lipinski definition) is 1. The first kappa shape index (κ1) is 15.7. The molecule has 0 radical (unpaired) electrons. The molecule has 23 heavy (non-hydrogen) atoms. The number of rotatable bonds is 1. The minimum atomic E-state index is -4.62. The second-order valence-corrected chi connectivity index (χ2v) is 5.97. The van der Waals surface area contributed by atoms with E-state index < -0.39 is 17.3 Å². The van der Waals surface area contributed by atoms with Crippen molar-refractivity contribution in [1.82, 2.24) is 5.32 Å². The second-order valence-electron chi connectivity index (χ2n) is 5.97. The molecule has 3 rings (SSSR count). The molecule has 1 heterocycles. The monoisotopic (exact) mass is 323 g/mol. The fourth-order valence-electron chi connectivity index (χ4n) is 3.47. The average Bonchev–Trinajstić information content (AvgIpc) is 2.67. The van der Waals surface area contributed by atoms with E-state index >= 15 is 0 Å². The van der Waals surface area contributed by atoms with Crippen LogP contribution in [0.4, 0.5) is 23.7 Å². The predicted molar refractivity (Wildman–Crippen MR) is 77.8 cm³/mol. The summed E-state index contributed by atoms with van der Waals surface area (Å²) < 4.78 is 39.4. The van der Waals surface area contributed by atoms with Crippen LogP contribution in [0.1, 0.15) is 43.2 Å². The van der Waals surface area contributed by atoms with Gasteiger partial charge in [0.25, 0.3) is 0 Å². The van der Waals surface area contributed by atoms with Crippen LogP contribution >= 0.6 is 0 Å². The average molecular weight is 323 g/mol. The summed E-state index contributed by atoms with van der Waals surface area (Å²) in [6.07, 6.45) is 0.0174. The molecule has 0 spiro atoms. The molecule has 1 saturated heterocycles. The molecular weight excluding hydrogens is 307 g/mol. The Balaban J connectivity index is 2.01. The van der Waals surface area contributed by atoms with Gasteiger partial charge in [0.05, 0.1) is 29.3 Å². The van der Waals surface area contributed by atoms with Crippen molar-refractivity contribution in [1.29, 1.82) is 5.26 Å². The molecule has 2 fully saturated rings. The first-order valence-electron chi connectivity index (χ1n) is 7.63. The standard InChI is InChI=1S/C16H16F3N3O/c17-16(18,19)12-8-11(7-6-10(12)9-20)22-14-5-3-1-2-4-13(14)21-15(22)23/h6-8,13-14H,1-5H2,(H,21,23)/t13-,14-/m0/s1. The lowest BCUT2D eigenvalue weighted by Gasteiger charge is -2.26. The van der Waals surface area contributed by atoms with E-state index in [0.29, 0.717) is 0 Å². The first-order chi connectivity index (χ1) is 10.9. The van der Waals surface area contributed by atoms with Crippen LogP contribution in [0.25, 0.3) is 0 Å². The highest BCUT2D eigenvalue weighted by Crippen LogP contribution is 2.37. The highest BCUT2D eigenvalue weighted by atomic mass is 19.4. The Hall–Kier alpha value is -2.23. The van der Waals surface area contributed by atoms with Gasteiger partial charge < -0.3 is 5.32 Å². The quantitative estimate of drug-likeness (QED) is 0.854. The zero-order valence-electron chi connectivity index (χ0n) is 12.4. The Labute approximate surface area is 131 Å². The van der Waals surface area contributed by atoms with Gasteiger partial charge in [-0.05, 0) is 31.0 Å². The normalized spacial score (nSPS) is 24.6. The van der Waals surface area contributed by atoms with E-state index in [9.17, 15) is 18.0 Å². The van der Waals surface area contributed by atoms with Crippen LogP contribution in [0, 0.1) is 11.3 Å². The van der Waals surface area contributed by atoms with Crippen LogP contribution in [0.15, 0.2) is 18.2 Å². The molecule has 1 saturated carbocycles. The minimum absolute atomic E-state index is 0.0185. The van der Waals surface area contributed by atoms with E-state index in [-0.39, 0.29) is 23.8 Å². The summed E-state index contributed by atoms with van der Waals surface area (Å²) >= 11 is 0. The van der Waals surface area contributed by atoms with Gasteiger partial charge in [0.2, 0.25) is 0 Å². The highest BCUT2D eigenvalue weighted by molar-refractivity contribution is 5.95. The second kappa shape index (κ2) is 5.76. The molecule has 2 amide bonds. The van der Waals surface area contributed by atoms with E-state index in [4.69, 9.17) is 5.26 Å². The molecule has 4 nitrogen and oxygen atoms in total. The fraction of sp³-hybridized carbons (Fsp3) is 0.500. The summed E-state index contributed by atoms with van der Waals surface area (Å²) in [7, 11) is 0. The molecule has 0 unspecified atom stereocenters. The van der Waals surface area contributed by atoms with Crippen LogP contribution in [0.2, 0.25) is 0 Å². The third-order valence-electron chi connectivity index (χ3n) is 4.55. The van der Waals surface area contributed by atoms with Gasteiger partial charge in [0, 0.05) is 5.69 Å². The molecule has 1 aliphatic carbocycles. The summed E-state index contributed by atoms with van der Waals surface area (Å²) in [4.78, 5) is 13.7. The maximum atomic E-state index is 13.1. The van der Waals surface area contributed by atoms with Gasteiger partial charge in [-0.3, -0.25) is 4.90 Å². The predicted octanol–water partition coefficient (Wildman–Crippen LogP) is 3.81. The zero-order valence-corrected chi connectivity index (χ0v) is 12.4. The lowest BCUT2D eigenvalue weighted by atomic mass is 10.0. The number of nitriles is 1. The van der Waals surface area contributed by atoms with E-state index in [1.54, 1.807) is 6.07 Å². The van der Waals surface area contributed by atoms with E-state index in [2.05, 4.69) is 5.32 Å². The molecule has 2 atom stereocenters. The van der Waals surface area contributed by atoms with Gasteiger partial charge in [-0.25, -0.2) is 4.79 Å². The molecule has 1 N–H and O–H groups in total. The van der Waals surface area contributed by atoms with Crippen LogP contribution in [0.3, 0.4) is 0 Å². The minimum Gasteiger partial charge on any atom is -0.333 e. The molecule has 1 aromatic rings. The molecule has 1 aliphatic heterocycles. The number of benzene rings is 1. The number of carbonyl (C=O) groups is 1. The molecule has 2 aliphatic rings. The number of hydrogen-bond acceptors (Lipinski definition) is 2. The summed E-state index contributed by atoms with van der Waals surface area (Å²) in [5.41, 5.74) is -1.23. The Morgan fingerprint density at radius 3 is 2.65 bits per heavy atom. The van der Waals surface area contributed by atoms with Gasteiger partial charge in [0.15, 0.2) is 0 Å². The van der Waals surface area contributed by atoms with E-state index in [1.165, 1.54) is 11.0 Å². The Bertz CT molecular complexity index is 666. The van der Waals surface area contributed by atoms with Gasteiger partial charge in [-0.2, -0.15) is 18.4 Å². The third kappa shape index (κ3) is 2.85. The summed E-state index contributed by atoms with van der Waals surface area (Å²) in [6.45, 7) is 0. The number of nitrogens with zero attached hydrogens (tertiary/aromatic N) is 2. The van der Waals surface area contributed by atoms with E-state index in [1.807, 2.05) is 0 Å². The Kier molecular flexibility index (Phi) is 3.92. The molecular formula is C16H16F3N3O. The van der Waals surface area contributed by atoms with Crippen molar-refractivity contribution >= 4 is 11.7 Å². The largest absolute Gasteiger partial charge is 0.417 e. The first-order valence-corrected chi connectivity index (χ1v) is 7.63. The fourth-order valence-corrected chi connectivity index (χ4v) is 3.47. The summed E-state index contributed by atoms with van der Waals surface area (Å²) in [5.74, 6) is 0. The number of urea groups is 1. The van der Waals surface area contributed by atoms with Crippen molar-refractivity contribution in [2.75, 3.05) is 4.90 Å². The SMILES string of the molecule is N#Cc1ccc(N2C(=O)N[C@H]3CCCCC[C@@H]32)cc1C(F)(F)F. The smallest absolute Gasteiger partial charge is 0.333 e. The highest BCUT2D eigenvalue weighted by Gasteiger charge is 2.41. The van der Waals surface area contributed by atoms with Crippen molar-refractivity contribution in [3.05, 3.63) is 29.3 Å². The number of amides is 2. The molecule has 122 valence electrons. The van der Waals surface area contributed by atoms with Crippen LogP contribution in [-0.2, 0) is 6.18 Å². The molecule has 0 aromatic heterocycles. The van der Waals surface area contributed by atoms with Crippen LogP contribution in [0.5, 0.6) is 0 Å². The number of carbonyl (C=O) groups excluding carboxylic acids is 1. The number of fused-ring (bicyclic) bond motifs is 1. The number of halogens is 3. The third-order valence-corrected chi connectivity index (χ3v) is 4.55. The van der Waals surface area contributed by atoms with Crippen LogP contribution in [-0.4, -0.2) is 18.1 Å². The molecule has 7 heteroatoms. The Morgan fingerprint density at radius 2 is 1.96 bits per heavy atom. The van der Waals surface area contributed by atoms with Crippen LogP contribution < -0.4 is 10.2 Å². The van der Waals surface area contributed by atoms with Crippen molar-refractivity contribution < 1.29 is 18.0 Å². The number of alkyl halides is 3.